The van der Waals surface area contributed by atoms with Gasteiger partial charge in [-0.05, 0) is 83.8 Å². The number of hydrogen-bond donors (Lipinski definition) is 0. The number of aryl methyl sites for hydroxylation is 4. The smallest absolute Gasteiger partial charge is 0.125 e. The van der Waals surface area contributed by atoms with Gasteiger partial charge in [-0.1, -0.05) is 43.3 Å². The van der Waals surface area contributed by atoms with Crippen molar-refractivity contribution in [1.29, 1.82) is 0 Å². The molecule has 0 fully saturated rings. The number of rotatable bonds is 12. The summed E-state index contributed by atoms with van der Waals surface area (Å²) < 4.78 is 12.4. The first kappa shape index (κ1) is 26.2. The van der Waals surface area contributed by atoms with Crippen molar-refractivity contribution in [3.05, 3.63) is 58.7 Å². The van der Waals surface area contributed by atoms with E-state index in [2.05, 4.69) is 109 Å². The monoisotopic (exact) mass is 440 g/mol. The molecule has 4 heteroatoms. The van der Waals surface area contributed by atoms with Crippen LogP contribution in [0.5, 0.6) is 11.5 Å². The van der Waals surface area contributed by atoms with Crippen LogP contribution in [0.3, 0.4) is 0 Å². The molecule has 32 heavy (non-hydrogen) atoms. The minimum atomic E-state index is 0.353. The molecule has 0 aliphatic heterocycles. The van der Waals surface area contributed by atoms with Gasteiger partial charge in [0.2, 0.25) is 0 Å². The number of benzene rings is 2. The number of likely N-dealkylation sites (N-methyl/N-ethyl adjacent to an activating group) is 2. The van der Waals surface area contributed by atoms with Crippen LogP contribution in [0.4, 0.5) is 0 Å². The highest BCUT2D eigenvalue weighted by Crippen LogP contribution is 2.24. The van der Waals surface area contributed by atoms with Crippen LogP contribution in [0.2, 0.25) is 0 Å². The van der Waals surface area contributed by atoms with Crippen LogP contribution >= 0.6 is 0 Å². The molecular formula is C28H44N2O2. The van der Waals surface area contributed by atoms with Gasteiger partial charge >= 0.3 is 0 Å². The Kier molecular flexibility index (Phi) is 10.0. The Hall–Kier alpha value is -2.04. The fourth-order valence-electron chi connectivity index (χ4n) is 4.12. The van der Waals surface area contributed by atoms with E-state index in [1.54, 1.807) is 0 Å². The Bertz CT molecular complexity index is 741. The molecule has 4 nitrogen and oxygen atoms in total. The van der Waals surface area contributed by atoms with Gasteiger partial charge in [-0.25, -0.2) is 0 Å². The van der Waals surface area contributed by atoms with E-state index in [0.717, 1.165) is 24.6 Å². The molecule has 0 bridgehead atoms. The predicted octanol–water partition coefficient (Wildman–Crippen LogP) is 5.65. The van der Waals surface area contributed by atoms with Crippen molar-refractivity contribution in [3.8, 4) is 11.5 Å². The van der Waals surface area contributed by atoms with E-state index in [-0.39, 0.29) is 0 Å². The molecule has 0 aliphatic rings. The zero-order valence-corrected chi connectivity index (χ0v) is 21.7. The van der Waals surface area contributed by atoms with E-state index in [4.69, 9.17) is 9.47 Å². The van der Waals surface area contributed by atoms with Gasteiger partial charge in [0.05, 0.1) is 0 Å². The maximum atomic E-state index is 6.18. The van der Waals surface area contributed by atoms with Crippen LogP contribution in [0.25, 0.3) is 0 Å². The summed E-state index contributed by atoms with van der Waals surface area (Å²) in [5.74, 6) is 2.60. The SMILES string of the molecule is Cc1cccc(C)c1OCC(C)N(C)CC(C)CN(C)C(C)COc1c(C)cccc1C. The molecule has 0 heterocycles. The third-order valence-electron chi connectivity index (χ3n) is 6.46. The van der Waals surface area contributed by atoms with Gasteiger partial charge < -0.3 is 9.47 Å². The standard InChI is InChI=1S/C28H44N2O2/c1-20(16-29(8)25(6)18-31-27-21(2)12-10-13-22(27)3)17-30(9)26(7)19-32-28-23(4)14-11-15-24(28)5/h10-15,20,25-26H,16-19H2,1-9H3. The van der Waals surface area contributed by atoms with Crippen molar-refractivity contribution in [1.82, 2.24) is 9.80 Å². The van der Waals surface area contributed by atoms with Crippen molar-refractivity contribution >= 4 is 0 Å². The van der Waals surface area contributed by atoms with Crippen LogP contribution in [0, 0.1) is 33.6 Å². The quantitative estimate of drug-likeness (QED) is 0.425. The molecule has 0 aromatic heterocycles. The van der Waals surface area contributed by atoms with E-state index in [9.17, 15) is 0 Å². The maximum absolute atomic E-state index is 6.18. The number of nitrogens with zero attached hydrogens (tertiary/aromatic N) is 2. The molecule has 2 aromatic rings. The second-order valence-corrected chi connectivity index (χ2v) is 9.75. The third-order valence-corrected chi connectivity index (χ3v) is 6.46. The first-order valence-corrected chi connectivity index (χ1v) is 11.9. The Morgan fingerprint density at radius 3 is 1.25 bits per heavy atom. The van der Waals surface area contributed by atoms with E-state index in [1.807, 2.05) is 0 Å². The first-order chi connectivity index (χ1) is 15.1. The molecule has 0 spiro atoms. The maximum Gasteiger partial charge on any atom is 0.125 e. The minimum Gasteiger partial charge on any atom is -0.491 e. The second-order valence-electron chi connectivity index (χ2n) is 9.75. The van der Waals surface area contributed by atoms with Gasteiger partial charge in [0, 0.05) is 25.2 Å². The highest BCUT2D eigenvalue weighted by atomic mass is 16.5. The summed E-state index contributed by atoms with van der Waals surface area (Å²) in [6.45, 7) is 18.7. The lowest BCUT2D eigenvalue weighted by atomic mass is 10.1. The Balaban J connectivity index is 1.78. The van der Waals surface area contributed by atoms with Crippen LogP contribution in [0.15, 0.2) is 36.4 Å². The highest BCUT2D eigenvalue weighted by Gasteiger charge is 2.18. The molecule has 0 N–H and O–H groups in total. The van der Waals surface area contributed by atoms with E-state index >= 15 is 0 Å². The van der Waals surface area contributed by atoms with E-state index in [1.165, 1.54) is 22.3 Å². The Morgan fingerprint density at radius 1 is 0.625 bits per heavy atom. The van der Waals surface area contributed by atoms with Gasteiger partial charge in [-0.15, -0.1) is 0 Å². The van der Waals surface area contributed by atoms with Crippen LogP contribution in [-0.4, -0.2) is 62.3 Å². The summed E-state index contributed by atoms with van der Waals surface area (Å²) in [5, 5.41) is 0. The minimum absolute atomic E-state index is 0.353. The molecule has 0 saturated heterocycles. The van der Waals surface area contributed by atoms with Gasteiger partial charge in [0.1, 0.15) is 24.7 Å². The number of ether oxygens (including phenoxy) is 2. The van der Waals surface area contributed by atoms with Crippen molar-refractivity contribution in [2.24, 2.45) is 5.92 Å². The molecule has 2 unspecified atom stereocenters. The molecule has 0 radical (unpaired) electrons. The lowest BCUT2D eigenvalue weighted by Crippen LogP contribution is -2.42. The van der Waals surface area contributed by atoms with Crippen LogP contribution < -0.4 is 9.47 Å². The lowest BCUT2D eigenvalue weighted by Gasteiger charge is -2.32. The number of hydrogen-bond acceptors (Lipinski definition) is 4. The average molecular weight is 441 g/mol. The van der Waals surface area contributed by atoms with Crippen molar-refractivity contribution in [2.75, 3.05) is 40.4 Å². The first-order valence-electron chi connectivity index (χ1n) is 11.9. The van der Waals surface area contributed by atoms with Crippen molar-refractivity contribution < 1.29 is 9.47 Å². The topological polar surface area (TPSA) is 24.9 Å². The molecule has 2 atom stereocenters. The highest BCUT2D eigenvalue weighted by molar-refractivity contribution is 5.40. The van der Waals surface area contributed by atoms with Crippen LogP contribution in [-0.2, 0) is 0 Å². The molecule has 2 rings (SSSR count). The summed E-state index contributed by atoms with van der Waals surface area (Å²) in [5.41, 5.74) is 4.80. The Morgan fingerprint density at radius 2 is 0.938 bits per heavy atom. The summed E-state index contributed by atoms with van der Waals surface area (Å²) in [4.78, 5) is 4.81. The normalized spacial score (nSPS) is 14.5. The fourth-order valence-corrected chi connectivity index (χ4v) is 4.12. The third kappa shape index (κ3) is 7.53. The van der Waals surface area contributed by atoms with Gasteiger partial charge in [-0.3, -0.25) is 9.80 Å². The fraction of sp³-hybridized carbons (Fsp3) is 0.571. The summed E-state index contributed by atoms with van der Waals surface area (Å²) in [6, 6.07) is 13.3. The summed E-state index contributed by atoms with van der Waals surface area (Å²) in [6.07, 6.45) is 0. The van der Waals surface area contributed by atoms with E-state index in [0.29, 0.717) is 31.2 Å². The largest absolute Gasteiger partial charge is 0.491 e. The second kappa shape index (κ2) is 12.3. The summed E-state index contributed by atoms with van der Waals surface area (Å²) >= 11 is 0. The summed E-state index contributed by atoms with van der Waals surface area (Å²) in [7, 11) is 4.39. The molecule has 0 saturated carbocycles. The predicted molar refractivity (Wildman–Crippen MR) is 136 cm³/mol. The van der Waals surface area contributed by atoms with Crippen LogP contribution in [0.1, 0.15) is 43.0 Å². The van der Waals surface area contributed by atoms with Gasteiger partial charge in [-0.2, -0.15) is 0 Å². The average Bonchev–Trinajstić information content (AvgIpc) is 2.72. The lowest BCUT2D eigenvalue weighted by molar-refractivity contribution is 0.122. The van der Waals surface area contributed by atoms with E-state index < -0.39 is 0 Å². The molecule has 0 amide bonds. The van der Waals surface area contributed by atoms with Crippen molar-refractivity contribution in [3.63, 3.8) is 0 Å². The van der Waals surface area contributed by atoms with Gasteiger partial charge in [0.15, 0.2) is 0 Å². The number of para-hydroxylation sites is 2. The van der Waals surface area contributed by atoms with Gasteiger partial charge in [0.25, 0.3) is 0 Å². The zero-order chi connectivity index (χ0) is 23.8. The Labute approximate surface area is 196 Å². The molecule has 0 aliphatic carbocycles. The zero-order valence-electron chi connectivity index (χ0n) is 21.7. The van der Waals surface area contributed by atoms with Crippen molar-refractivity contribution in [2.45, 2.75) is 60.5 Å². The molecule has 178 valence electrons. The molecule has 2 aromatic carbocycles. The molecular weight excluding hydrogens is 396 g/mol.